The van der Waals surface area contributed by atoms with E-state index < -0.39 is 0 Å². The predicted molar refractivity (Wildman–Crippen MR) is 249 cm³/mol. The molecule has 0 saturated carbocycles. The highest BCUT2D eigenvalue weighted by Gasteiger charge is 2.15. The molecule has 0 unspecified atom stereocenters. The van der Waals surface area contributed by atoms with E-state index in [0.29, 0.717) is 11.4 Å². The monoisotopic (exact) mass is 759 g/mol. The molecule has 0 bridgehead atoms. The van der Waals surface area contributed by atoms with E-state index in [0.717, 1.165) is 50.9 Å². The topological polar surface area (TPSA) is 54.7 Å². The summed E-state index contributed by atoms with van der Waals surface area (Å²) in [5.74, 6) is 0. The van der Waals surface area contributed by atoms with Crippen LogP contribution in [0.25, 0.3) is 33.4 Å². The molecule has 0 aliphatic heterocycles. The minimum atomic E-state index is 0.378. The van der Waals surface area contributed by atoms with E-state index in [1.54, 1.807) is 6.08 Å². The van der Waals surface area contributed by atoms with Crippen molar-refractivity contribution in [2.24, 2.45) is 5.10 Å². The summed E-state index contributed by atoms with van der Waals surface area (Å²) in [6.45, 7) is 0. The molecule has 8 aromatic rings. The first-order chi connectivity index (χ1) is 29.2. The maximum atomic E-state index is 8.09. The highest BCUT2D eigenvalue weighted by molar-refractivity contribution is 6.50. The van der Waals surface area contributed by atoms with Crippen LogP contribution in [0.15, 0.2) is 242 Å². The van der Waals surface area contributed by atoms with Crippen LogP contribution in [-0.4, -0.2) is 11.4 Å². The predicted octanol–water partition coefficient (Wildman–Crippen LogP) is 14.5. The van der Waals surface area contributed by atoms with Crippen LogP contribution < -0.4 is 15.2 Å². The number of nitrogens with one attached hydrogen (secondary N) is 2. The van der Waals surface area contributed by atoms with E-state index in [1.807, 2.05) is 42.5 Å². The average molecular weight is 760 g/mol. The number of allylic oxidation sites excluding steroid dienone is 4. The SMILES string of the molecule is N=C1C=CC=C/C1=N/Nc1ccc(N(c2ccccc2)c2ccc(-c3ccc(N(c4ccccc4)c4ccc(-c5ccc(-c6ccccc6)cc5)cc4)cc3)cc2)cc1. The number of hydrogen-bond acceptors (Lipinski definition) is 5. The summed E-state index contributed by atoms with van der Waals surface area (Å²) in [4.78, 5) is 4.55. The van der Waals surface area contributed by atoms with Crippen LogP contribution in [0.3, 0.4) is 0 Å². The molecular weight excluding hydrogens is 719 g/mol. The molecule has 0 spiro atoms. The lowest BCUT2D eigenvalue weighted by Crippen LogP contribution is -2.12. The van der Waals surface area contributed by atoms with Crippen LogP contribution in [-0.2, 0) is 0 Å². The molecule has 0 amide bonds. The zero-order valence-electron chi connectivity index (χ0n) is 32.4. The van der Waals surface area contributed by atoms with Gasteiger partial charge in [-0.1, -0.05) is 140 Å². The van der Waals surface area contributed by atoms with Crippen molar-refractivity contribution in [1.29, 1.82) is 5.41 Å². The Kier molecular flexibility index (Phi) is 10.5. The highest BCUT2D eigenvalue weighted by atomic mass is 15.3. The number of anilines is 7. The molecule has 0 radical (unpaired) electrons. The van der Waals surface area contributed by atoms with Crippen molar-refractivity contribution in [3.05, 3.63) is 237 Å². The Hall–Kier alpha value is -8.02. The number of nitrogens with zero attached hydrogens (tertiary/aromatic N) is 3. The Balaban J connectivity index is 0.947. The van der Waals surface area contributed by atoms with E-state index in [1.165, 1.54) is 22.3 Å². The van der Waals surface area contributed by atoms with Gasteiger partial charge in [0.2, 0.25) is 0 Å². The maximum absolute atomic E-state index is 8.09. The van der Waals surface area contributed by atoms with Gasteiger partial charge in [-0.05, 0) is 130 Å². The summed E-state index contributed by atoms with van der Waals surface area (Å²) >= 11 is 0. The molecule has 2 N–H and O–H groups in total. The first-order valence-electron chi connectivity index (χ1n) is 19.7. The van der Waals surface area contributed by atoms with Crippen LogP contribution in [0.4, 0.5) is 39.8 Å². The normalized spacial score (nSPS) is 12.7. The Morgan fingerprint density at radius 2 is 0.627 bits per heavy atom. The lowest BCUT2D eigenvalue weighted by atomic mass is 10.00. The molecule has 1 aliphatic carbocycles. The Bertz CT molecular complexity index is 2740. The summed E-state index contributed by atoms with van der Waals surface area (Å²) in [6.07, 6.45) is 7.28. The number of hydrazone groups is 1. The van der Waals surface area contributed by atoms with E-state index >= 15 is 0 Å². The van der Waals surface area contributed by atoms with Crippen LogP contribution in [0.5, 0.6) is 0 Å². The lowest BCUT2D eigenvalue weighted by molar-refractivity contribution is 1.27. The zero-order chi connectivity index (χ0) is 39.8. The third-order valence-corrected chi connectivity index (χ3v) is 10.4. The summed E-state index contributed by atoms with van der Waals surface area (Å²) in [7, 11) is 0. The van der Waals surface area contributed by atoms with Gasteiger partial charge in [0.1, 0.15) is 5.71 Å². The smallest absolute Gasteiger partial charge is 0.108 e. The van der Waals surface area contributed by atoms with Crippen LogP contribution in [0, 0.1) is 5.41 Å². The first kappa shape index (κ1) is 36.6. The molecular formula is C54H41N5. The summed E-state index contributed by atoms with van der Waals surface area (Å²) in [6, 6.07) is 74.8. The van der Waals surface area contributed by atoms with Gasteiger partial charge in [0, 0.05) is 34.1 Å². The van der Waals surface area contributed by atoms with Gasteiger partial charge < -0.3 is 9.80 Å². The molecule has 8 aromatic carbocycles. The summed E-state index contributed by atoms with van der Waals surface area (Å²) in [5.41, 5.74) is 18.4. The van der Waals surface area contributed by atoms with Crippen molar-refractivity contribution in [1.82, 2.24) is 0 Å². The first-order valence-corrected chi connectivity index (χ1v) is 19.7. The van der Waals surface area contributed by atoms with Gasteiger partial charge in [0.25, 0.3) is 0 Å². The van der Waals surface area contributed by atoms with Gasteiger partial charge in [-0.3, -0.25) is 10.8 Å². The molecule has 5 nitrogen and oxygen atoms in total. The molecule has 59 heavy (non-hydrogen) atoms. The van der Waals surface area contributed by atoms with Crippen molar-refractivity contribution in [2.45, 2.75) is 0 Å². The van der Waals surface area contributed by atoms with Gasteiger partial charge in [-0.25, -0.2) is 0 Å². The fraction of sp³-hybridized carbons (Fsp3) is 0. The Morgan fingerprint density at radius 3 is 1.02 bits per heavy atom. The van der Waals surface area contributed by atoms with Crippen molar-refractivity contribution >= 4 is 51.2 Å². The number of benzene rings is 8. The molecule has 0 atom stereocenters. The second-order valence-electron chi connectivity index (χ2n) is 14.2. The minimum Gasteiger partial charge on any atom is -0.311 e. The Morgan fingerprint density at radius 1 is 0.322 bits per heavy atom. The van der Waals surface area contributed by atoms with Crippen molar-refractivity contribution < 1.29 is 0 Å². The van der Waals surface area contributed by atoms with E-state index in [2.05, 4.69) is 208 Å². The number of rotatable bonds is 11. The second-order valence-corrected chi connectivity index (χ2v) is 14.2. The van der Waals surface area contributed by atoms with Gasteiger partial charge >= 0.3 is 0 Å². The minimum absolute atomic E-state index is 0.378. The molecule has 0 heterocycles. The molecule has 282 valence electrons. The largest absolute Gasteiger partial charge is 0.311 e. The summed E-state index contributed by atoms with van der Waals surface area (Å²) in [5, 5.41) is 12.5. The summed E-state index contributed by atoms with van der Waals surface area (Å²) < 4.78 is 0. The molecule has 5 heteroatoms. The fourth-order valence-electron chi connectivity index (χ4n) is 7.32. The number of hydrogen-bond donors (Lipinski definition) is 2. The maximum Gasteiger partial charge on any atom is 0.108 e. The zero-order valence-corrected chi connectivity index (χ0v) is 32.4. The van der Waals surface area contributed by atoms with Crippen molar-refractivity contribution in [3.8, 4) is 33.4 Å². The van der Waals surface area contributed by atoms with Gasteiger partial charge in [-0.2, -0.15) is 5.10 Å². The fourth-order valence-corrected chi connectivity index (χ4v) is 7.32. The molecule has 1 aliphatic rings. The van der Waals surface area contributed by atoms with E-state index in [9.17, 15) is 0 Å². The average Bonchev–Trinajstić information content (AvgIpc) is 3.31. The van der Waals surface area contributed by atoms with Gasteiger partial charge in [0.05, 0.1) is 11.4 Å². The van der Waals surface area contributed by atoms with Gasteiger partial charge in [-0.15, -0.1) is 0 Å². The number of para-hydroxylation sites is 2. The Labute approximate surface area is 345 Å². The van der Waals surface area contributed by atoms with E-state index in [4.69, 9.17) is 5.41 Å². The molecule has 0 aromatic heterocycles. The molecule has 0 saturated heterocycles. The second kappa shape index (κ2) is 17.0. The molecule has 9 rings (SSSR count). The third-order valence-electron chi connectivity index (χ3n) is 10.4. The molecule has 0 fully saturated rings. The van der Waals surface area contributed by atoms with Crippen LogP contribution in [0.2, 0.25) is 0 Å². The van der Waals surface area contributed by atoms with Crippen LogP contribution >= 0.6 is 0 Å². The van der Waals surface area contributed by atoms with Crippen molar-refractivity contribution in [2.75, 3.05) is 15.2 Å². The standard InChI is InChI=1S/C54H41N5/c55-53-18-10-11-19-54(53)57-56-46-30-38-52(39-31-46)59(48-16-8-3-9-17-48)51-36-28-45(29-37-51)44-26-34-50(35-27-44)58(47-14-6-2-7-15-47)49-32-24-43(25-33-49)42-22-20-41(21-23-42)40-12-4-1-5-13-40/h1-39,55-56H/b55-53?,57-54-. The van der Waals surface area contributed by atoms with Gasteiger partial charge in [0.15, 0.2) is 0 Å². The highest BCUT2D eigenvalue weighted by Crippen LogP contribution is 2.39. The lowest BCUT2D eigenvalue weighted by Gasteiger charge is -2.26. The van der Waals surface area contributed by atoms with E-state index in [-0.39, 0.29) is 0 Å². The third kappa shape index (κ3) is 8.27. The quantitative estimate of drug-likeness (QED) is 0.102. The van der Waals surface area contributed by atoms with Crippen LogP contribution in [0.1, 0.15) is 0 Å². The van der Waals surface area contributed by atoms with Crippen molar-refractivity contribution in [3.63, 3.8) is 0 Å².